The van der Waals surface area contributed by atoms with Crippen molar-refractivity contribution in [1.82, 2.24) is 9.97 Å². The summed E-state index contributed by atoms with van der Waals surface area (Å²) < 4.78 is 0. The lowest BCUT2D eigenvalue weighted by molar-refractivity contribution is 0.768. The van der Waals surface area contributed by atoms with E-state index in [0.29, 0.717) is 5.82 Å². The molecule has 0 unspecified atom stereocenters. The van der Waals surface area contributed by atoms with Crippen LogP contribution in [0.4, 0.5) is 0 Å². The minimum absolute atomic E-state index is 0.481. The molecule has 0 saturated carbocycles. The number of nitrogens with zero attached hydrogens (tertiary/aromatic N) is 2. The highest BCUT2D eigenvalue weighted by Crippen LogP contribution is 2.58. The summed E-state index contributed by atoms with van der Waals surface area (Å²) in [5.41, 5.74) is 16.8. The van der Waals surface area contributed by atoms with Gasteiger partial charge in [0.15, 0.2) is 5.82 Å². The minimum Gasteiger partial charge on any atom is -0.228 e. The molecule has 0 atom stereocenters. The summed E-state index contributed by atoms with van der Waals surface area (Å²) in [5, 5.41) is 4.64. The van der Waals surface area contributed by atoms with Gasteiger partial charge in [-0.1, -0.05) is 237 Å². The molecule has 294 valence electrons. The first-order valence-corrected chi connectivity index (χ1v) is 21.7. The first kappa shape index (κ1) is 36.6. The highest BCUT2D eigenvalue weighted by atomic mass is 14.9. The molecular weight excluding hydrogens is 761 g/mol. The molecule has 0 bridgehead atoms. The lowest BCUT2D eigenvalue weighted by atomic mass is 9.67. The van der Waals surface area contributed by atoms with Gasteiger partial charge >= 0.3 is 0 Å². The topological polar surface area (TPSA) is 25.8 Å². The summed E-state index contributed by atoms with van der Waals surface area (Å²) >= 11 is 0. The van der Waals surface area contributed by atoms with E-state index in [1.165, 1.54) is 55.3 Å². The molecule has 0 spiro atoms. The van der Waals surface area contributed by atoms with Crippen LogP contribution in [-0.4, -0.2) is 9.97 Å². The molecule has 63 heavy (non-hydrogen) atoms. The molecule has 0 radical (unpaired) electrons. The Morgan fingerprint density at radius 3 is 1.51 bits per heavy atom. The molecule has 12 rings (SSSR count). The van der Waals surface area contributed by atoms with E-state index in [9.17, 15) is 0 Å². The van der Waals surface area contributed by atoms with Crippen LogP contribution in [0.2, 0.25) is 0 Å². The Labute approximate surface area is 367 Å². The first-order valence-electron chi connectivity index (χ1n) is 21.7. The molecule has 2 nitrogen and oxygen atoms in total. The fourth-order valence-electron chi connectivity index (χ4n) is 10.3. The molecule has 1 heterocycles. The summed E-state index contributed by atoms with van der Waals surface area (Å²) in [6, 6.07) is 87.7. The number of hydrogen-bond acceptors (Lipinski definition) is 2. The van der Waals surface area contributed by atoms with Gasteiger partial charge in [0.2, 0.25) is 0 Å². The first-order chi connectivity index (χ1) is 31.3. The number of benzene rings is 10. The molecule has 1 aliphatic rings. The van der Waals surface area contributed by atoms with E-state index >= 15 is 0 Å². The number of hydrogen-bond donors (Lipinski definition) is 0. The fourth-order valence-corrected chi connectivity index (χ4v) is 10.3. The maximum absolute atomic E-state index is 5.40. The van der Waals surface area contributed by atoms with Crippen molar-refractivity contribution in [1.29, 1.82) is 0 Å². The average molecular weight is 801 g/mol. The molecule has 1 aromatic heterocycles. The Hall–Kier alpha value is -8.20. The van der Waals surface area contributed by atoms with Crippen molar-refractivity contribution < 1.29 is 0 Å². The van der Waals surface area contributed by atoms with Gasteiger partial charge in [0.1, 0.15) is 0 Å². The average Bonchev–Trinajstić information content (AvgIpc) is 3.68. The Morgan fingerprint density at radius 1 is 0.286 bits per heavy atom. The van der Waals surface area contributed by atoms with Gasteiger partial charge in [-0.15, -0.1) is 0 Å². The second kappa shape index (κ2) is 15.1. The van der Waals surface area contributed by atoms with Gasteiger partial charge in [0.25, 0.3) is 0 Å². The van der Waals surface area contributed by atoms with Gasteiger partial charge in [-0.05, 0) is 83.2 Å². The molecule has 10 aromatic carbocycles. The smallest absolute Gasteiger partial charge is 0.160 e. The molecule has 0 saturated heterocycles. The summed E-state index contributed by atoms with van der Waals surface area (Å²) in [7, 11) is 0. The van der Waals surface area contributed by atoms with Crippen LogP contribution < -0.4 is 0 Å². The summed E-state index contributed by atoms with van der Waals surface area (Å²) in [6.45, 7) is 0. The maximum Gasteiger partial charge on any atom is 0.160 e. The summed E-state index contributed by atoms with van der Waals surface area (Å²) in [5.74, 6) is 0.693. The van der Waals surface area contributed by atoms with Gasteiger partial charge in [-0.2, -0.15) is 0 Å². The van der Waals surface area contributed by atoms with Gasteiger partial charge in [-0.3, -0.25) is 0 Å². The monoisotopic (exact) mass is 800 g/mol. The molecule has 0 N–H and O–H groups in total. The van der Waals surface area contributed by atoms with Gasteiger partial charge < -0.3 is 0 Å². The van der Waals surface area contributed by atoms with E-state index in [1.807, 2.05) is 6.07 Å². The van der Waals surface area contributed by atoms with E-state index in [-0.39, 0.29) is 0 Å². The van der Waals surface area contributed by atoms with E-state index in [1.54, 1.807) is 0 Å². The molecule has 2 heteroatoms. The van der Waals surface area contributed by atoms with Crippen LogP contribution in [0.15, 0.2) is 243 Å². The summed E-state index contributed by atoms with van der Waals surface area (Å²) in [6.07, 6.45) is 0. The zero-order valence-corrected chi connectivity index (χ0v) is 34.5. The van der Waals surface area contributed by atoms with Crippen molar-refractivity contribution >= 4 is 21.5 Å². The third-order valence-corrected chi connectivity index (χ3v) is 13.0. The van der Waals surface area contributed by atoms with Crippen molar-refractivity contribution in [2.24, 2.45) is 0 Å². The van der Waals surface area contributed by atoms with Crippen LogP contribution in [0.5, 0.6) is 0 Å². The van der Waals surface area contributed by atoms with Crippen LogP contribution in [0.1, 0.15) is 22.3 Å². The number of aromatic nitrogens is 2. The van der Waals surface area contributed by atoms with Crippen molar-refractivity contribution in [3.05, 3.63) is 265 Å². The molecule has 0 fully saturated rings. The lowest BCUT2D eigenvalue weighted by Gasteiger charge is -2.34. The predicted molar refractivity (Wildman–Crippen MR) is 262 cm³/mol. The van der Waals surface area contributed by atoms with Gasteiger partial charge in [-0.25, -0.2) is 9.97 Å². The molecule has 0 amide bonds. The standard InChI is InChI=1S/C61H40N2/c1-5-20-41(21-6-1)47-37-36-42-22-13-14-29-46(42)59(47)57-40-56(62-60(63-57)43-23-7-2-8-24-43)51-39-38-50(48-30-15-16-31-49(48)51)52-33-19-35-55-58(52)53-32-17-18-34-54(53)61(55,44-25-9-3-10-26-44)45-27-11-4-12-28-45/h1-40H. The molecule has 1 aliphatic carbocycles. The number of fused-ring (bicyclic) bond motifs is 5. The van der Waals surface area contributed by atoms with Crippen LogP contribution in [0, 0.1) is 0 Å². The SMILES string of the molecule is c1ccc(-c2nc(-c3c(-c4ccccc4)ccc4ccccc34)cc(-c3ccc(-c4cccc5c4-c4ccccc4C5(c4ccccc4)c4ccccc4)c4ccccc34)n2)cc1. The summed E-state index contributed by atoms with van der Waals surface area (Å²) in [4.78, 5) is 10.8. The van der Waals surface area contributed by atoms with Crippen molar-refractivity contribution in [2.45, 2.75) is 5.41 Å². The van der Waals surface area contributed by atoms with Crippen molar-refractivity contribution in [2.75, 3.05) is 0 Å². The molecule has 0 aliphatic heterocycles. The van der Waals surface area contributed by atoms with Gasteiger partial charge in [0.05, 0.1) is 16.8 Å². The quantitative estimate of drug-likeness (QED) is 0.160. The Balaban J connectivity index is 1.10. The minimum atomic E-state index is -0.481. The third kappa shape index (κ3) is 5.87. The van der Waals surface area contributed by atoms with E-state index in [2.05, 4.69) is 237 Å². The van der Waals surface area contributed by atoms with Crippen LogP contribution >= 0.6 is 0 Å². The molecular formula is C61H40N2. The second-order valence-electron chi connectivity index (χ2n) is 16.4. The van der Waals surface area contributed by atoms with Crippen molar-refractivity contribution in [3.8, 4) is 67.3 Å². The zero-order valence-electron chi connectivity index (χ0n) is 34.5. The Bertz CT molecular complexity index is 3450. The van der Waals surface area contributed by atoms with Gasteiger partial charge in [0, 0.05) is 16.7 Å². The predicted octanol–water partition coefficient (Wildman–Crippen LogP) is 15.5. The zero-order chi connectivity index (χ0) is 41.7. The number of rotatable bonds is 7. The second-order valence-corrected chi connectivity index (χ2v) is 16.4. The van der Waals surface area contributed by atoms with E-state index < -0.39 is 5.41 Å². The highest BCUT2D eigenvalue weighted by molar-refractivity contribution is 6.09. The Kier molecular flexibility index (Phi) is 8.76. The normalized spacial score (nSPS) is 12.6. The van der Waals surface area contributed by atoms with Crippen LogP contribution in [0.25, 0.3) is 88.8 Å². The molecule has 11 aromatic rings. The van der Waals surface area contributed by atoms with E-state index in [0.717, 1.165) is 50.0 Å². The van der Waals surface area contributed by atoms with Crippen molar-refractivity contribution in [3.63, 3.8) is 0 Å². The maximum atomic E-state index is 5.40. The lowest BCUT2D eigenvalue weighted by Crippen LogP contribution is -2.28. The Morgan fingerprint density at radius 2 is 0.794 bits per heavy atom. The highest BCUT2D eigenvalue weighted by Gasteiger charge is 2.46. The van der Waals surface area contributed by atoms with Crippen LogP contribution in [-0.2, 0) is 5.41 Å². The third-order valence-electron chi connectivity index (χ3n) is 13.0. The van der Waals surface area contributed by atoms with E-state index in [4.69, 9.17) is 9.97 Å². The van der Waals surface area contributed by atoms with Crippen LogP contribution in [0.3, 0.4) is 0 Å². The fraction of sp³-hybridized carbons (Fsp3) is 0.0164. The largest absolute Gasteiger partial charge is 0.228 e.